The summed E-state index contributed by atoms with van der Waals surface area (Å²) < 4.78 is 1.87. The van der Waals surface area contributed by atoms with E-state index in [1.165, 1.54) is 5.56 Å². The lowest BCUT2D eigenvalue weighted by Crippen LogP contribution is -2.23. The van der Waals surface area contributed by atoms with Crippen LogP contribution in [0.15, 0.2) is 30.5 Å². The fourth-order valence-corrected chi connectivity index (χ4v) is 2.61. The molecule has 19 heavy (non-hydrogen) atoms. The molecule has 2 aromatic rings. The van der Waals surface area contributed by atoms with Crippen LogP contribution in [0.1, 0.15) is 36.7 Å². The molecule has 0 spiro atoms. The van der Waals surface area contributed by atoms with Crippen molar-refractivity contribution < 1.29 is 0 Å². The number of halogens is 1. The van der Waals surface area contributed by atoms with Gasteiger partial charge in [0.05, 0.1) is 11.7 Å². The minimum atomic E-state index is 0.0994. The SMILES string of the molecule is CCNC(c1ccccc1Cl)c1cn(C)nc1CC. The molecule has 0 aliphatic rings. The monoisotopic (exact) mass is 277 g/mol. The zero-order valence-electron chi connectivity index (χ0n) is 11.7. The van der Waals surface area contributed by atoms with Crippen molar-refractivity contribution in [2.24, 2.45) is 7.05 Å². The second-order valence-electron chi connectivity index (χ2n) is 4.57. The van der Waals surface area contributed by atoms with E-state index in [0.29, 0.717) is 0 Å². The fourth-order valence-electron chi connectivity index (χ4n) is 2.37. The summed E-state index contributed by atoms with van der Waals surface area (Å²) in [5.41, 5.74) is 3.43. The Hall–Kier alpha value is -1.32. The first-order valence-electron chi connectivity index (χ1n) is 6.67. The molecule has 1 atom stereocenters. The van der Waals surface area contributed by atoms with Crippen LogP contribution in [0.5, 0.6) is 0 Å². The second kappa shape index (κ2) is 6.22. The molecule has 0 aliphatic carbocycles. The van der Waals surface area contributed by atoms with Gasteiger partial charge in [-0.25, -0.2) is 0 Å². The van der Waals surface area contributed by atoms with Crippen molar-refractivity contribution >= 4 is 11.6 Å². The van der Waals surface area contributed by atoms with Crippen molar-refractivity contribution in [3.8, 4) is 0 Å². The highest BCUT2D eigenvalue weighted by Crippen LogP contribution is 2.29. The van der Waals surface area contributed by atoms with Crippen molar-refractivity contribution in [3.63, 3.8) is 0 Å². The Morgan fingerprint density at radius 2 is 2.00 bits per heavy atom. The Kier molecular flexibility index (Phi) is 4.61. The summed E-state index contributed by atoms with van der Waals surface area (Å²) >= 11 is 6.34. The third-order valence-corrected chi connectivity index (χ3v) is 3.55. The zero-order chi connectivity index (χ0) is 13.8. The van der Waals surface area contributed by atoms with Crippen LogP contribution >= 0.6 is 11.6 Å². The van der Waals surface area contributed by atoms with Crippen LogP contribution in [-0.4, -0.2) is 16.3 Å². The molecule has 0 saturated heterocycles. The molecular weight excluding hydrogens is 258 g/mol. The quantitative estimate of drug-likeness (QED) is 0.908. The van der Waals surface area contributed by atoms with E-state index in [9.17, 15) is 0 Å². The Bertz CT molecular complexity index is 548. The first-order chi connectivity index (χ1) is 9.17. The highest BCUT2D eigenvalue weighted by atomic mass is 35.5. The third kappa shape index (κ3) is 2.99. The van der Waals surface area contributed by atoms with E-state index in [-0.39, 0.29) is 6.04 Å². The van der Waals surface area contributed by atoms with Gasteiger partial charge in [0.2, 0.25) is 0 Å². The lowest BCUT2D eigenvalue weighted by Gasteiger charge is -2.19. The highest BCUT2D eigenvalue weighted by molar-refractivity contribution is 6.31. The molecule has 1 heterocycles. The van der Waals surface area contributed by atoms with Gasteiger partial charge in [-0.05, 0) is 24.6 Å². The molecule has 0 amide bonds. The van der Waals surface area contributed by atoms with Gasteiger partial charge in [0.15, 0.2) is 0 Å². The number of rotatable bonds is 5. The van der Waals surface area contributed by atoms with Crippen molar-refractivity contribution in [2.45, 2.75) is 26.3 Å². The first kappa shape index (κ1) is 14.1. The Labute approximate surface area is 119 Å². The van der Waals surface area contributed by atoms with Gasteiger partial charge in [0.1, 0.15) is 0 Å². The van der Waals surface area contributed by atoms with Crippen molar-refractivity contribution in [1.29, 1.82) is 0 Å². The molecule has 3 nitrogen and oxygen atoms in total. The van der Waals surface area contributed by atoms with E-state index in [0.717, 1.165) is 29.2 Å². The summed E-state index contributed by atoms with van der Waals surface area (Å²) in [5, 5.41) is 8.82. The van der Waals surface area contributed by atoms with Gasteiger partial charge in [-0.15, -0.1) is 0 Å². The molecule has 4 heteroatoms. The van der Waals surface area contributed by atoms with Gasteiger partial charge in [0, 0.05) is 23.8 Å². The predicted octanol–water partition coefficient (Wildman–Crippen LogP) is 3.33. The number of hydrogen-bond acceptors (Lipinski definition) is 2. The average molecular weight is 278 g/mol. The maximum atomic E-state index is 6.34. The Morgan fingerprint density at radius 1 is 1.26 bits per heavy atom. The summed E-state index contributed by atoms with van der Waals surface area (Å²) in [6, 6.07) is 8.08. The number of hydrogen-bond donors (Lipinski definition) is 1. The van der Waals surface area contributed by atoms with Gasteiger partial charge in [0.25, 0.3) is 0 Å². The Morgan fingerprint density at radius 3 is 2.63 bits per heavy atom. The van der Waals surface area contributed by atoms with Crippen LogP contribution in [0.25, 0.3) is 0 Å². The molecule has 1 unspecified atom stereocenters. The fraction of sp³-hybridized carbons (Fsp3) is 0.400. The standard InChI is InChI=1S/C15H20ClN3/c1-4-14-12(10-19(3)18-14)15(17-5-2)11-8-6-7-9-13(11)16/h6-10,15,17H,4-5H2,1-3H3. The van der Waals surface area contributed by atoms with Gasteiger partial charge in [-0.3, -0.25) is 4.68 Å². The van der Waals surface area contributed by atoms with Crippen molar-refractivity contribution in [1.82, 2.24) is 15.1 Å². The summed E-state index contributed by atoms with van der Waals surface area (Å²) in [5.74, 6) is 0. The number of benzene rings is 1. The van der Waals surface area contributed by atoms with Crippen LogP contribution in [0.2, 0.25) is 5.02 Å². The summed E-state index contributed by atoms with van der Waals surface area (Å²) in [6.45, 7) is 5.11. The van der Waals surface area contributed by atoms with Crippen LogP contribution in [-0.2, 0) is 13.5 Å². The maximum absolute atomic E-state index is 6.34. The smallest absolute Gasteiger partial charge is 0.0673 e. The molecule has 2 rings (SSSR count). The van der Waals surface area contributed by atoms with E-state index < -0.39 is 0 Å². The zero-order valence-corrected chi connectivity index (χ0v) is 12.4. The normalized spacial score (nSPS) is 12.6. The van der Waals surface area contributed by atoms with Gasteiger partial charge in [-0.1, -0.05) is 43.6 Å². The molecule has 0 bridgehead atoms. The van der Waals surface area contributed by atoms with E-state index in [1.54, 1.807) is 0 Å². The molecule has 0 fully saturated rings. The van der Waals surface area contributed by atoms with Crippen LogP contribution in [0.4, 0.5) is 0 Å². The summed E-state index contributed by atoms with van der Waals surface area (Å²) in [4.78, 5) is 0. The molecule has 102 valence electrons. The third-order valence-electron chi connectivity index (χ3n) is 3.21. The number of nitrogens with one attached hydrogen (secondary N) is 1. The molecule has 0 saturated carbocycles. The minimum absolute atomic E-state index is 0.0994. The van der Waals surface area contributed by atoms with Gasteiger partial charge < -0.3 is 5.32 Å². The van der Waals surface area contributed by atoms with Crippen LogP contribution in [0, 0.1) is 0 Å². The topological polar surface area (TPSA) is 29.9 Å². The van der Waals surface area contributed by atoms with E-state index in [1.807, 2.05) is 29.9 Å². The largest absolute Gasteiger partial charge is 0.306 e. The lowest BCUT2D eigenvalue weighted by atomic mass is 9.98. The Balaban J connectivity index is 2.48. The molecule has 1 aromatic heterocycles. The average Bonchev–Trinajstić information content (AvgIpc) is 2.78. The number of aromatic nitrogens is 2. The lowest BCUT2D eigenvalue weighted by molar-refractivity contribution is 0.625. The van der Waals surface area contributed by atoms with Crippen LogP contribution in [0.3, 0.4) is 0 Å². The minimum Gasteiger partial charge on any atom is -0.306 e. The summed E-state index contributed by atoms with van der Waals surface area (Å²) in [6.07, 6.45) is 3.00. The van der Waals surface area contributed by atoms with Crippen molar-refractivity contribution in [3.05, 3.63) is 52.3 Å². The molecule has 1 N–H and O–H groups in total. The molecule has 1 aromatic carbocycles. The van der Waals surface area contributed by atoms with Crippen molar-refractivity contribution in [2.75, 3.05) is 6.54 Å². The first-order valence-corrected chi connectivity index (χ1v) is 7.05. The maximum Gasteiger partial charge on any atom is 0.0673 e. The molecule has 0 aliphatic heterocycles. The van der Waals surface area contributed by atoms with Crippen LogP contribution < -0.4 is 5.32 Å². The predicted molar refractivity (Wildman–Crippen MR) is 79.6 cm³/mol. The molecular formula is C15H20ClN3. The summed E-state index contributed by atoms with van der Waals surface area (Å²) in [7, 11) is 1.96. The van der Waals surface area contributed by atoms with Gasteiger partial charge in [-0.2, -0.15) is 5.10 Å². The van der Waals surface area contributed by atoms with Gasteiger partial charge >= 0.3 is 0 Å². The van der Waals surface area contributed by atoms with E-state index in [2.05, 4.69) is 36.5 Å². The number of nitrogens with zero attached hydrogens (tertiary/aromatic N) is 2. The number of aryl methyl sites for hydroxylation is 2. The highest BCUT2D eigenvalue weighted by Gasteiger charge is 2.20. The second-order valence-corrected chi connectivity index (χ2v) is 4.98. The van der Waals surface area contributed by atoms with E-state index >= 15 is 0 Å². The molecule has 0 radical (unpaired) electrons. The van der Waals surface area contributed by atoms with E-state index in [4.69, 9.17) is 11.6 Å².